The lowest BCUT2D eigenvalue weighted by Gasteiger charge is -2.30. The van der Waals surface area contributed by atoms with Gasteiger partial charge in [0.25, 0.3) is 5.91 Å². The molecule has 1 saturated carbocycles. The van der Waals surface area contributed by atoms with E-state index in [1.165, 1.54) is 18.2 Å². The Morgan fingerprint density at radius 2 is 1.96 bits per heavy atom. The third-order valence-corrected chi connectivity index (χ3v) is 6.00. The first-order valence-electron chi connectivity index (χ1n) is 9.04. The van der Waals surface area contributed by atoms with Crippen LogP contribution in [0.3, 0.4) is 0 Å². The van der Waals surface area contributed by atoms with Crippen LogP contribution < -0.4 is 0 Å². The zero-order chi connectivity index (χ0) is 18.6. The quantitative estimate of drug-likeness (QED) is 0.677. The topological polar surface area (TPSA) is 58.5 Å². The molecule has 5 nitrogen and oxygen atoms in total. The van der Waals surface area contributed by atoms with E-state index in [-0.39, 0.29) is 11.9 Å². The third kappa shape index (κ3) is 4.06. The lowest BCUT2D eigenvalue weighted by atomic mass is 9.94. The Balaban J connectivity index is 1.72. The Morgan fingerprint density at radius 3 is 2.70 bits per heavy atom. The summed E-state index contributed by atoms with van der Waals surface area (Å²) in [6, 6.07) is 5.76. The number of rotatable bonds is 3. The number of amidine groups is 1. The van der Waals surface area contributed by atoms with Gasteiger partial charge in [-0.05, 0) is 48.4 Å². The molecule has 1 aliphatic heterocycles. The van der Waals surface area contributed by atoms with Crippen LogP contribution in [0.2, 0.25) is 5.02 Å². The largest absolute Gasteiger partial charge is 0.283 e. The van der Waals surface area contributed by atoms with Crippen LogP contribution in [-0.2, 0) is 4.79 Å². The molecular weight excluding hydrogens is 380 g/mol. The molecule has 2 fully saturated rings. The van der Waals surface area contributed by atoms with Gasteiger partial charge >= 0.3 is 0 Å². The highest BCUT2D eigenvalue weighted by molar-refractivity contribution is 8.18. The number of hydrogen-bond acceptors (Lipinski definition) is 5. The van der Waals surface area contributed by atoms with E-state index in [0.29, 0.717) is 20.8 Å². The fourth-order valence-electron chi connectivity index (χ4n) is 3.40. The van der Waals surface area contributed by atoms with Crippen molar-refractivity contribution >= 4 is 46.2 Å². The standard InChI is InChI=1S/C20H19ClN4OS/c21-16-13-23-10-8-17(16)24-20-25(15-6-2-1-3-7-15)19(26)18(27-20)11-14-5-4-9-22-12-14/h4-5,8-13,15H,1-3,6-7H2/b18-11-,24-20?. The molecule has 0 unspecified atom stereocenters. The normalized spacial score (nSPS) is 21.4. The number of aliphatic imine (C=N–C) groups is 1. The van der Waals surface area contributed by atoms with Gasteiger partial charge in [-0.1, -0.05) is 36.9 Å². The zero-order valence-corrected chi connectivity index (χ0v) is 16.3. The second-order valence-electron chi connectivity index (χ2n) is 6.59. The lowest BCUT2D eigenvalue weighted by molar-refractivity contribution is -0.124. The van der Waals surface area contributed by atoms with Crippen LogP contribution in [-0.4, -0.2) is 32.0 Å². The van der Waals surface area contributed by atoms with Crippen LogP contribution in [0, 0.1) is 0 Å². The van der Waals surface area contributed by atoms with Crippen LogP contribution in [0.15, 0.2) is 52.9 Å². The summed E-state index contributed by atoms with van der Waals surface area (Å²) in [6.07, 6.45) is 14.1. The molecule has 0 N–H and O–H groups in total. The summed E-state index contributed by atoms with van der Waals surface area (Å²) >= 11 is 7.63. The molecule has 27 heavy (non-hydrogen) atoms. The van der Waals surface area contributed by atoms with Gasteiger partial charge in [0.2, 0.25) is 0 Å². The highest BCUT2D eigenvalue weighted by Crippen LogP contribution is 2.39. The van der Waals surface area contributed by atoms with Gasteiger partial charge in [-0.15, -0.1) is 0 Å². The fourth-order valence-corrected chi connectivity index (χ4v) is 4.61. The minimum absolute atomic E-state index is 0.0136. The van der Waals surface area contributed by atoms with Crippen LogP contribution in [0.1, 0.15) is 37.7 Å². The van der Waals surface area contributed by atoms with Gasteiger partial charge < -0.3 is 0 Å². The Kier molecular flexibility index (Phi) is 5.55. The van der Waals surface area contributed by atoms with Crippen molar-refractivity contribution in [2.75, 3.05) is 0 Å². The molecule has 0 radical (unpaired) electrons. The van der Waals surface area contributed by atoms with Crippen molar-refractivity contribution in [2.24, 2.45) is 4.99 Å². The summed E-state index contributed by atoms with van der Waals surface area (Å²) in [7, 11) is 0. The molecule has 138 valence electrons. The number of halogens is 1. The Labute approximate surface area is 167 Å². The predicted octanol–water partition coefficient (Wildman–Crippen LogP) is 5.07. The lowest BCUT2D eigenvalue weighted by Crippen LogP contribution is -2.40. The zero-order valence-electron chi connectivity index (χ0n) is 14.7. The first kappa shape index (κ1) is 18.2. The summed E-state index contributed by atoms with van der Waals surface area (Å²) in [5, 5.41) is 1.17. The Hall–Kier alpha value is -2.18. The molecule has 4 rings (SSSR count). The van der Waals surface area contributed by atoms with Crippen molar-refractivity contribution in [3.8, 4) is 0 Å². The number of amides is 1. The van der Waals surface area contributed by atoms with Crippen LogP contribution in [0.25, 0.3) is 6.08 Å². The minimum atomic E-state index is 0.0136. The summed E-state index contributed by atoms with van der Waals surface area (Å²) in [5.41, 5.74) is 1.53. The number of carbonyl (C=O) groups is 1. The van der Waals surface area contributed by atoms with E-state index in [0.717, 1.165) is 31.2 Å². The maximum absolute atomic E-state index is 13.2. The van der Waals surface area contributed by atoms with Crippen molar-refractivity contribution in [1.29, 1.82) is 0 Å². The predicted molar refractivity (Wildman–Crippen MR) is 110 cm³/mol. The highest BCUT2D eigenvalue weighted by Gasteiger charge is 2.38. The monoisotopic (exact) mass is 398 g/mol. The van der Waals surface area contributed by atoms with Gasteiger partial charge in [0.1, 0.15) is 0 Å². The van der Waals surface area contributed by atoms with Gasteiger partial charge in [-0.25, -0.2) is 4.99 Å². The third-order valence-electron chi connectivity index (χ3n) is 4.73. The first-order chi connectivity index (χ1) is 13.2. The van der Waals surface area contributed by atoms with Gasteiger partial charge in [-0.3, -0.25) is 19.7 Å². The molecule has 2 aliphatic rings. The van der Waals surface area contributed by atoms with Crippen molar-refractivity contribution in [1.82, 2.24) is 14.9 Å². The van der Waals surface area contributed by atoms with E-state index in [4.69, 9.17) is 16.6 Å². The highest BCUT2D eigenvalue weighted by atomic mass is 35.5. The average molecular weight is 399 g/mol. The Morgan fingerprint density at radius 1 is 1.15 bits per heavy atom. The van der Waals surface area contributed by atoms with E-state index in [9.17, 15) is 4.79 Å². The van der Waals surface area contributed by atoms with E-state index >= 15 is 0 Å². The molecule has 0 atom stereocenters. The second kappa shape index (κ2) is 8.23. The SMILES string of the molecule is O=C1/C(=C/c2cccnc2)SC(=Nc2ccncc2Cl)N1C1CCCCC1. The number of aromatic nitrogens is 2. The molecule has 7 heteroatoms. The van der Waals surface area contributed by atoms with Crippen molar-refractivity contribution in [3.05, 3.63) is 58.5 Å². The van der Waals surface area contributed by atoms with E-state index < -0.39 is 0 Å². The van der Waals surface area contributed by atoms with Crippen LogP contribution in [0.5, 0.6) is 0 Å². The van der Waals surface area contributed by atoms with E-state index in [2.05, 4.69) is 9.97 Å². The van der Waals surface area contributed by atoms with Crippen LogP contribution >= 0.6 is 23.4 Å². The fraction of sp³-hybridized carbons (Fsp3) is 0.300. The molecule has 2 aromatic heterocycles. The van der Waals surface area contributed by atoms with E-state index in [1.54, 1.807) is 30.9 Å². The summed E-state index contributed by atoms with van der Waals surface area (Å²) in [4.78, 5) is 28.6. The maximum Gasteiger partial charge on any atom is 0.267 e. The number of pyridine rings is 2. The summed E-state index contributed by atoms with van der Waals surface area (Å²) in [6.45, 7) is 0. The number of carbonyl (C=O) groups excluding carboxylic acids is 1. The van der Waals surface area contributed by atoms with Crippen molar-refractivity contribution in [2.45, 2.75) is 38.1 Å². The van der Waals surface area contributed by atoms with Gasteiger partial charge in [0, 0.05) is 30.8 Å². The smallest absolute Gasteiger partial charge is 0.267 e. The van der Waals surface area contributed by atoms with Crippen molar-refractivity contribution < 1.29 is 4.79 Å². The van der Waals surface area contributed by atoms with E-state index in [1.807, 2.05) is 23.1 Å². The average Bonchev–Trinajstić information content (AvgIpc) is 3.00. The number of nitrogens with zero attached hydrogens (tertiary/aromatic N) is 4. The minimum Gasteiger partial charge on any atom is -0.283 e. The molecular formula is C20H19ClN4OS. The summed E-state index contributed by atoms with van der Waals surface area (Å²) < 4.78 is 0. The molecule has 1 aliphatic carbocycles. The second-order valence-corrected chi connectivity index (χ2v) is 8.00. The summed E-state index contributed by atoms with van der Waals surface area (Å²) in [5.74, 6) is 0.0136. The number of thioether (sulfide) groups is 1. The first-order valence-corrected chi connectivity index (χ1v) is 10.2. The molecule has 3 heterocycles. The van der Waals surface area contributed by atoms with Gasteiger partial charge in [0.15, 0.2) is 5.17 Å². The van der Waals surface area contributed by atoms with Crippen LogP contribution in [0.4, 0.5) is 5.69 Å². The molecule has 1 amide bonds. The molecule has 0 bridgehead atoms. The number of hydrogen-bond donors (Lipinski definition) is 0. The molecule has 0 aromatic carbocycles. The maximum atomic E-state index is 13.2. The molecule has 1 saturated heterocycles. The van der Waals surface area contributed by atoms with Gasteiger partial charge in [0.05, 0.1) is 15.6 Å². The van der Waals surface area contributed by atoms with Gasteiger partial charge in [-0.2, -0.15) is 0 Å². The molecule has 0 spiro atoms. The molecule has 2 aromatic rings. The van der Waals surface area contributed by atoms with Crippen molar-refractivity contribution in [3.63, 3.8) is 0 Å². The Bertz CT molecular complexity index is 894.